The minimum Gasteiger partial charge on any atom is -0.292 e. The Bertz CT molecular complexity index is 1500. The van der Waals surface area contributed by atoms with Crippen LogP contribution in [-0.2, 0) is 0 Å². The maximum atomic E-state index is 13.6. The fourth-order valence-corrected chi connectivity index (χ4v) is 4.81. The third-order valence-corrected chi connectivity index (χ3v) is 7.46. The third-order valence-electron chi connectivity index (χ3n) is 5.33. The van der Waals surface area contributed by atoms with Gasteiger partial charge < -0.3 is 0 Å². The monoisotopic (exact) mass is 599 g/mol. The predicted molar refractivity (Wildman–Crippen MR) is 137 cm³/mol. The normalized spacial score (nSPS) is 12.5. The van der Waals surface area contributed by atoms with Crippen LogP contribution in [0, 0.1) is 10.1 Å². The SMILES string of the molecule is O=C(CN(C(=O)c1ccccc1Cl)N1C(=O)c2c(Cl)c(Cl)c(Cl)c(Cl)c2C1=O)c1cccc([N+](=O)[O-])c1. The van der Waals surface area contributed by atoms with E-state index < -0.39 is 46.1 Å². The molecule has 1 aliphatic heterocycles. The fraction of sp³-hybridized carbons (Fsp3) is 0.0435. The van der Waals surface area contributed by atoms with E-state index in [-0.39, 0.29) is 41.9 Å². The van der Waals surface area contributed by atoms with Crippen LogP contribution >= 0.6 is 58.0 Å². The maximum Gasteiger partial charge on any atom is 0.282 e. The summed E-state index contributed by atoms with van der Waals surface area (Å²) in [5, 5.41) is 10.7. The van der Waals surface area contributed by atoms with Crippen molar-refractivity contribution in [2.45, 2.75) is 0 Å². The molecule has 3 aromatic rings. The molecule has 0 saturated heterocycles. The van der Waals surface area contributed by atoms with Crippen LogP contribution in [0.2, 0.25) is 25.1 Å². The fourth-order valence-electron chi connectivity index (χ4n) is 3.58. The summed E-state index contributed by atoms with van der Waals surface area (Å²) >= 11 is 30.6. The van der Waals surface area contributed by atoms with Crippen molar-refractivity contribution in [3.05, 3.63) is 106 Å². The van der Waals surface area contributed by atoms with Gasteiger partial charge in [0.1, 0.15) is 6.54 Å². The van der Waals surface area contributed by atoms with Gasteiger partial charge in [-0.3, -0.25) is 29.3 Å². The smallest absolute Gasteiger partial charge is 0.282 e. The van der Waals surface area contributed by atoms with Crippen molar-refractivity contribution in [1.82, 2.24) is 10.0 Å². The zero-order valence-electron chi connectivity index (χ0n) is 18.0. The molecule has 0 unspecified atom stereocenters. The van der Waals surface area contributed by atoms with Gasteiger partial charge in [-0.05, 0) is 12.1 Å². The topological polar surface area (TPSA) is 118 Å². The van der Waals surface area contributed by atoms with Crippen LogP contribution in [-0.4, -0.2) is 45.0 Å². The molecule has 1 heterocycles. The molecular weight excluding hydrogens is 592 g/mol. The molecule has 0 spiro atoms. The first-order valence-electron chi connectivity index (χ1n) is 10.0. The summed E-state index contributed by atoms with van der Waals surface area (Å²) < 4.78 is 0. The summed E-state index contributed by atoms with van der Waals surface area (Å²) in [7, 11) is 0. The predicted octanol–water partition coefficient (Wildman–Crippen LogP) is 6.40. The lowest BCUT2D eigenvalue weighted by molar-refractivity contribution is -0.384. The summed E-state index contributed by atoms with van der Waals surface area (Å²) in [6.45, 7) is -0.882. The number of imide groups is 1. The average Bonchev–Trinajstić information content (AvgIpc) is 3.14. The number of carbonyl (C=O) groups excluding carboxylic acids is 4. The lowest BCUT2D eigenvalue weighted by atomic mass is 10.1. The number of non-ortho nitro benzene ring substituents is 1. The molecule has 3 amide bonds. The number of benzene rings is 3. The molecule has 0 radical (unpaired) electrons. The highest BCUT2D eigenvalue weighted by atomic mass is 35.5. The highest BCUT2D eigenvalue weighted by Gasteiger charge is 2.46. The standard InChI is InChI=1S/C23H10Cl5N3O6/c24-13-7-2-1-6-12(13)21(33)29(9-14(32)10-4-3-5-11(8-10)31(36)37)30-22(34)15-16(23(30)35)18(26)20(28)19(27)17(15)25/h1-8H,9H2. The van der Waals surface area contributed by atoms with Crippen molar-refractivity contribution in [2.75, 3.05) is 6.54 Å². The molecule has 0 bridgehead atoms. The number of nitro groups is 1. The summed E-state index contributed by atoms with van der Waals surface area (Å²) in [5.74, 6) is -4.02. The first kappa shape index (κ1) is 26.8. The van der Waals surface area contributed by atoms with Crippen LogP contribution in [0.3, 0.4) is 0 Å². The molecule has 0 aliphatic carbocycles. The van der Waals surface area contributed by atoms with Gasteiger partial charge in [0.05, 0.1) is 46.7 Å². The highest BCUT2D eigenvalue weighted by Crippen LogP contribution is 2.45. The van der Waals surface area contributed by atoms with Crippen LogP contribution in [0.25, 0.3) is 0 Å². The second kappa shape index (κ2) is 10.3. The molecular formula is C23H10Cl5N3O6. The minimum absolute atomic E-state index is 0.0286. The van der Waals surface area contributed by atoms with Crippen molar-refractivity contribution in [3.8, 4) is 0 Å². The number of nitrogens with zero attached hydrogens (tertiary/aromatic N) is 3. The first-order valence-corrected chi connectivity index (χ1v) is 11.9. The van der Waals surface area contributed by atoms with Crippen LogP contribution in [0.4, 0.5) is 5.69 Å². The molecule has 9 nitrogen and oxygen atoms in total. The second-order valence-corrected chi connectivity index (χ2v) is 9.42. The molecule has 0 fully saturated rings. The largest absolute Gasteiger partial charge is 0.292 e. The third kappa shape index (κ3) is 4.65. The number of rotatable bonds is 6. The number of hydrogen-bond acceptors (Lipinski definition) is 6. The number of fused-ring (bicyclic) bond motifs is 1. The molecule has 188 valence electrons. The molecule has 0 N–H and O–H groups in total. The molecule has 1 aliphatic rings. The van der Waals surface area contributed by atoms with E-state index in [4.69, 9.17) is 58.0 Å². The zero-order chi connectivity index (χ0) is 27.2. The summed E-state index contributed by atoms with van der Waals surface area (Å²) in [5.41, 5.74) is -1.49. The Labute approximate surface area is 233 Å². The number of carbonyl (C=O) groups is 4. The summed E-state index contributed by atoms with van der Waals surface area (Å²) in [6, 6.07) is 10.5. The van der Waals surface area contributed by atoms with E-state index in [1.807, 2.05) is 0 Å². The van der Waals surface area contributed by atoms with E-state index in [2.05, 4.69) is 0 Å². The quantitative estimate of drug-likeness (QED) is 0.0806. The van der Waals surface area contributed by atoms with E-state index >= 15 is 0 Å². The van der Waals surface area contributed by atoms with Gasteiger partial charge in [-0.2, -0.15) is 5.01 Å². The van der Waals surface area contributed by atoms with Crippen LogP contribution < -0.4 is 0 Å². The van der Waals surface area contributed by atoms with Gasteiger partial charge in [0.25, 0.3) is 23.4 Å². The van der Waals surface area contributed by atoms with Gasteiger partial charge in [-0.25, -0.2) is 5.01 Å². The van der Waals surface area contributed by atoms with Crippen LogP contribution in [0.5, 0.6) is 0 Å². The van der Waals surface area contributed by atoms with Crippen molar-refractivity contribution >= 4 is 87.2 Å². The Morgan fingerprint density at radius 3 is 1.95 bits per heavy atom. The van der Waals surface area contributed by atoms with Gasteiger partial charge >= 0.3 is 0 Å². The van der Waals surface area contributed by atoms with Crippen molar-refractivity contribution in [3.63, 3.8) is 0 Å². The Hall–Kier alpha value is -3.21. The number of nitro benzene ring substituents is 1. The molecule has 0 atom stereocenters. The van der Waals surface area contributed by atoms with E-state index in [0.717, 1.165) is 6.07 Å². The number of halogens is 5. The highest BCUT2D eigenvalue weighted by molar-refractivity contribution is 6.55. The van der Waals surface area contributed by atoms with E-state index in [1.165, 1.54) is 36.4 Å². The Morgan fingerprint density at radius 2 is 1.41 bits per heavy atom. The van der Waals surface area contributed by atoms with Crippen molar-refractivity contribution < 1.29 is 24.1 Å². The lowest BCUT2D eigenvalue weighted by Crippen LogP contribution is -2.51. The molecule has 14 heteroatoms. The molecule has 0 saturated carbocycles. The van der Waals surface area contributed by atoms with Crippen molar-refractivity contribution in [1.29, 1.82) is 0 Å². The maximum absolute atomic E-state index is 13.6. The number of ketones is 1. The second-order valence-electron chi connectivity index (χ2n) is 7.50. The van der Waals surface area contributed by atoms with Gasteiger partial charge in [0.15, 0.2) is 5.78 Å². The molecule has 37 heavy (non-hydrogen) atoms. The van der Waals surface area contributed by atoms with E-state index in [0.29, 0.717) is 10.0 Å². The average molecular weight is 602 g/mol. The number of amides is 3. The van der Waals surface area contributed by atoms with Gasteiger partial charge in [0, 0.05) is 17.7 Å². The van der Waals surface area contributed by atoms with Crippen LogP contribution in [0.1, 0.15) is 41.4 Å². The number of hydrogen-bond donors (Lipinski definition) is 0. The zero-order valence-corrected chi connectivity index (χ0v) is 21.8. The van der Waals surface area contributed by atoms with Gasteiger partial charge in [0.2, 0.25) is 0 Å². The summed E-state index contributed by atoms with van der Waals surface area (Å²) in [6.07, 6.45) is 0. The molecule has 4 rings (SSSR count). The van der Waals surface area contributed by atoms with Gasteiger partial charge in [-0.15, -0.1) is 0 Å². The van der Waals surface area contributed by atoms with Gasteiger partial charge in [-0.1, -0.05) is 82.3 Å². The summed E-state index contributed by atoms with van der Waals surface area (Å²) in [4.78, 5) is 63.9. The molecule has 0 aromatic heterocycles. The lowest BCUT2D eigenvalue weighted by Gasteiger charge is -2.29. The number of Topliss-reactive ketones (excluding diaryl/α,β-unsaturated/α-hetero) is 1. The minimum atomic E-state index is -1.10. The number of hydrazine groups is 1. The molecule has 3 aromatic carbocycles. The Balaban J connectivity index is 1.83. The van der Waals surface area contributed by atoms with E-state index in [1.54, 1.807) is 6.07 Å². The first-order chi connectivity index (χ1) is 17.5. The van der Waals surface area contributed by atoms with Crippen molar-refractivity contribution in [2.24, 2.45) is 0 Å². The Kier molecular flexibility index (Phi) is 7.45. The van der Waals surface area contributed by atoms with E-state index in [9.17, 15) is 29.3 Å². The Morgan fingerprint density at radius 1 is 0.838 bits per heavy atom. The van der Waals surface area contributed by atoms with Crippen LogP contribution in [0.15, 0.2) is 48.5 Å².